The molecule has 4 aliphatic heterocycles. The molecule has 0 amide bonds. The van der Waals surface area contributed by atoms with Crippen molar-refractivity contribution in [1.82, 2.24) is 0 Å². The van der Waals surface area contributed by atoms with Crippen LogP contribution in [-0.4, -0.2) is 222 Å². The number of ether oxygens (including phenoxy) is 8. The van der Waals surface area contributed by atoms with Gasteiger partial charge in [0.15, 0.2) is 25.2 Å². The maximum Gasteiger partial charge on any atom is 0.187 e. The van der Waals surface area contributed by atoms with E-state index in [0.717, 1.165) is 19.3 Å². The van der Waals surface area contributed by atoms with Crippen molar-refractivity contribution in [3.63, 3.8) is 0 Å². The summed E-state index contributed by atoms with van der Waals surface area (Å²) in [5.74, 6) is 0. The summed E-state index contributed by atoms with van der Waals surface area (Å²) in [6.07, 6.45) is -31.7. The minimum atomic E-state index is -1.99. The predicted octanol–water partition coefficient (Wildman–Crippen LogP) is -7.14. The number of unbranched alkanes of at least 4 members (excludes halogenated alkanes) is 3. The molecule has 21 heteroatoms. The lowest BCUT2D eigenvalue weighted by atomic mass is 9.95. The van der Waals surface area contributed by atoms with E-state index in [1.54, 1.807) is 0 Å². The number of hydrogen-bond acceptors (Lipinski definition) is 21. The molecule has 4 rings (SSSR count). The molecule has 51 heavy (non-hydrogen) atoms. The summed E-state index contributed by atoms with van der Waals surface area (Å²) in [6.45, 7) is -1.11. The second-order valence-corrected chi connectivity index (χ2v) is 13.1. The van der Waals surface area contributed by atoms with Crippen molar-refractivity contribution in [1.29, 1.82) is 0 Å². The lowest BCUT2D eigenvalue weighted by Gasteiger charge is -2.49. The van der Waals surface area contributed by atoms with E-state index in [1.165, 1.54) is 0 Å². The van der Waals surface area contributed by atoms with E-state index in [4.69, 9.17) is 37.9 Å². The predicted molar refractivity (Wildman–Crippen MR) is 162 cm³/mol. The van der Waals surface area contributed by atoms with E-state index in [0.29, 0.717) is 6.42 Å². The Morgan fingerprint density at radius 3 is 1.27 bits per heavy atom. The smallest absolute Gasteiger partial charge is 0.187 e. The van der Waals surface area contributed by atoms with Crippen molar-refractivity contribution in [2.24, 2.45) is 0 Å². The van der Waals surface area contributed by atoms with Gasteiger partial charge in [-0.2, -0.15) is 0 Å². The van der Waals surface area contributed by atoms with Gasteiger partial charge in [-0.05, 0) is 6.42 Å². The standard InChI is InChI=1S/C30H54O21/c1-2-3-4-5-6-44-27-23(43)21(41)24(14(10-34)48-27)49-29-26(20(40)17(37)12(8-32)46-29)51-30-25(19(39)16(36)13(9-33)47-30)50-28-22(42)18(38)15(35)11(7-31)45-28/h11-43H,2-10H2,1H3/t11-,12-,13-,14-,15-,16-,17-,18+,19+,20+,21-,22-,23-,24-,25-,26-,27-,28+,29+,30+/m1/s1. The van der Waals surface area contributed by atoms with Gasteiger partial charge in [0.05, 0.1) is 26.4 Å². The average Bonchev–Trinajstić information content (AvgIpc) is 3.13. The van der Waals surface area contributed by atoms with Crippen LogP contribution in [0.4, 0.5) is 0 Å². The molecule has 4 heterocycles. The van der Waals surface area contributed by atoms with Crippen LogP contribution in [-0.2, 0) is 37.9 Å². The van der Waals surface area contributed by atoms with E-state index >= 15 is 0 Å². The third-order valence-electron chi connectivity index (χ3n) is 9.47. The van der Waals surface area contributed by atoms with Gasteiger partial charge in [0, 0.05) is 6.61 Å². The molecule has 0 spiro atoms. The first-order chi connectivity index (χ1) is 24.3. The molecule has 13 N–H and O–H groups in total. The minimum Gasteiger partial charge on any atom is -0.394 e. The Bertz CT molecular complexity index is 1010. The zero-order valence-electron chi connectivity index (χ0n) is 28.0. The zero-order chi connectivity index (χ0) is 37.6. The van der Waals surface area contributed by atoms with Crippen LogP contribution in [0.3, 0.4) is 0 Å². The summed E-state index contributed by atoms with van der Waals surface area (Å²) < 4.78 is 45.3. The lowest BCUT2D eigenvalue weighted by molar-refractivity contribution is -0.403. The fourth-order valence-corrected chi connectivity index (χ4v) is 6.35. The molecular formula is C30H54O21. The summed E-state index contributed by atoms with van der Waals surface area (Å²) in [6, 6.07) is 0. The first-order valence-corrected chi connectivity index (χ1v) is 17.1. The first-order valence-electron chi connectivity index (χ1n) is 17.1. The summed E-state index contributed by atoms with van der Waals surface area (Å²) in [5.41, 5.74) is 0. The van der Waals surface area contributed by atoms with Crippen LogP contribution < -0.4 is 0 Å². The Labute approximate surface area is 293 Å². The van der Waals surface area contributed by atoms with Crippen LogP contribution in [0.1, 0.15) is 32.6 Å². The van der Waals surface area contributed by atoms with Crippen molar-refractivity contribution in [2.75, 3.05) is 33.0 Å². The van der Waals surface area contributed by atoms with Gasteiger partial charge in [-0.3, -0.25) is 0 Å². The van der Waals surface area contributed by atoms with Crippen LogP contribution in [0, 0.1) is 0 Å². The van der Waals surface area contributed by atoms with Crippen LogP contribution in [0.25, 0.3) is 0 Å². The van der Waals surface area contributed by atoms with Crippen molar-refractivity contribution in [3.05, 3.63) is 0 Å². The second-order valence-electron chi connectivity index (χ2n) is 13.1. The van der Waals surface area contributed by atoms with Gasteiger partial charge in [0.1, 0.15) is 97.7 Å². The van der Waals surface area contributed by atoms with Gasteiger partial charge < -0.3 is 104 Å². The molecule has 21 nitrogen and oxygen atoms in total. The summed E-state index contributed by atoms with van der Waals surface area (Å²) >= 11 is 0. The molecule has 4 fully saturated rings. The third-order valence-corrected chi connectivity index (χ3v) is 9.47. The molecule has 0 saturated carbocycles. The molecule has 300 valence electrons. The summed E-state index contributed by atoms with van der Waals surface area (Å²) in [5, 5.41) is 136. The van der Waals surface area contributed by atoms with Crippen LogP contribution in [0.5, 0.6) is 0 Å². The van der Waals surface area contributed by atoms with E-state index < -0.39 is 149 Å². The lowest BCUT2D eigenvalue weighted by Crippen LogP contribution is -2.68. The Kier molecular flexibility index (Phi) is 16.5. The Morgan fingerprint density at radius 2 is 0.784 bits per heavy atom. The van der Waals surface area contributed by atoms with E-state index in [9.17, 15) is 66.4 Å². The van der Waals surface area contributed by atoms with Crippen molar-refractivity contribution >= 4 is 0 Å². The topological polar surface area (TPSA) is 337 Å². The zero-order valence-corrected chi connectivity index (χ0v) is 28.0. The third kappa shape index (κ3) is 9.70. The van der Waals surface area contributed by atoms with Gasteiger partial charge >= 0.3 is 0 Å². The van der Waals surface area contributed by atoms with E-state index in [2.05, 4.69) is 0 Å². The average molecular weight is 751 g/mol. The van der Waals surface area contributed by atoms with Gasteiger partial charge in [-0.15, -0.1) is 0 Å². The van der Waals surface area contributed by atoms with Gasteiger partial charge in [0.2, 0.25) is 0 Å². The largest absolute Gasteiger partial charge is 0.394 e. The van der Waals surface area contributed by atoms with E-state index in [-0.39, 0.29) is 6.61 Å². The van der Waals surface area contributed by atoms with Crippen molar-refractivity contribution in [2.45, 2.75) is 155 Å². The highest BCUT2D eigenvalue weighted by atomic mass is 16.8. The number of aliphatic hydroxyl groups excluding tert-OH is 13. The minimum absolute atomic E-state index is 0.186. The molecule has 0 unspecified atom stereocenters. The van der Waals surface area contributed by atoms with Gasteiger partial charge in [0.25, 0.3) is 0 Å². The van der Waals surface area contributed by atoms with Crippen LogP contribution in [0.2, 0.25) is 0 Å². The molecule has 0 bridgehead atoms. The molecule has 0 radical (unpaired) electrons. The number of rotatable bonds is 16. The van der Waals surface area contributed by atoms with Crippen LogP contribution >= 0.6 is 0 Å². The fraction of sp³-hybridized carbons (Fsp3) is 1.00. The second kappa shape index (κ2) is 19.7. The molecule has 0 aromatic heterocycles. The van der Waals surface area contributed by atoms with Crippen molar-refractivity contribution < 1.29 is 104 Å². The van der Waals surface area contributed by atoms with E-state index in [1.807, 2.05) is 6.92 Å². The summed E-state index contributed by atoms with van der Waals surface area (Å²) in [7, 11) is 0. The molecule has 4 saturated heterocycles. The maximum atomic E-state index is 11.2. The molecular weight excluding hydrogens is 696 g/mol. The van der Waals surface area contributed by atoms with Crippen LogP contribution in [0.15, 0.2) is 0 Å². The Hall–Kier alpha value is -0.840. The summed E-state index contributed by atoms with van der Waals surface area (Å²) in [4.78, 5) is 0. The Balaban J connectivity index is 1.57. The highest BCUT2D eigenvalue weighted by Crippen LogP contribution is 2.35. The quantitative estimate of drug-likeness (QED) is 0.0652. The number of hydrogen-bond donors (Lipinski definition) is 13. The monoisotopic (exact) mass is 750 g/mol. The number of aliphatic hydroxyl groups is 13. The van der Waals surface area contributed by atoms with Gasteiger partial charge in [-0.1, -0.05) is 26.2 Å². The molecule has 20 atom stereocenters. The maximum absolute atomic E-state index is 11.2. The molecule has 0 aliphatic carbocycles. The SMILES string of the molecule is CCCCCCO[C@@H]1O[C@H](CO)[C@@H](O[C@@H]2O[C@H](CO)[C@@H](O)[C@H](O)[C@H]2O[C@@H]2O[C@H](CO)[C@@H](O)[C@H](O)[C@H]2O[C@@H]2O[C@H](CO)[C@@H](O)[C@H](O)[C@H]2O)[C@H](O)[C@H]1O. The Morgan fingerprint density at radius 1 is 0.392 bits per heavy atom. The molecule has 0 aromatic rings. The molecule has 4 aliphatic rings. The highest BCUT2D eigenvalue weighted by Gasteiger charge is 2.56. The normalized spacial score (nSPS) is 48.1. The molecule has 0 aromatic carbocycles. The van der Waals surface area contributed by atoms with Crippen molar-refractivity contribution in [3.8, 4) is 0 Å². The first kappa shape index (κ1) is 42.9. The van der Waals surface area contributed by atoms with Gasteiger partial charge in [-0.25, -0.2) is 0 Å². The highest BCUT2D eigenvalue weighted by molar-refractivity contribution is 4.98. The fourth-order valence-electron chi connectivity index (χ4n) is 6.35.